The summed E-state index contributed by atoms with van der Waals surface area (Å²) in [6, 6.07) is 14.3. The van der Waals surface area contributed by atoms with E-state index in [1.54, 1.807) is 50.4 Å². The number of methoxy groups -OCH3 is 1. The number of rotatable bonds is 6. The van der Waals surface area contributed by atoms with Crippen LogP contribution in [0.2, 0.25) is 0 Å². The van der Waals surface area contributed by atoms with E-state index < -0.39 is 11.7 Å². The Labute approximate surface area is 156 Å². The smallest absolute Gasteiger partial charge is 0.261 e. The molecule has 0 spiro atoms. The third kappa shape index (κ3) is 4.04. The maximum absolute atomic E-state index is 12.4. The molecule has 0 aliphatic rings. The number of hydrogen-bond acceptors (Lipinski definition) is 6. The number of hydrogen-bond donors (Lipinski definition) is 4. The number of aromatic amines is 1. The van der Waals surface area contributed by atoms with Crippen molar-refractivity contribution in [3.8, 4) is 17.0 Å². The fraction of sp³-hybridized carbons (Fsp3) is 0.150. The summed E-state index contributed by atoms with van der Waals surface area (Å²) in [5.74, 6) is 0.937. The van der Waals surface area contributed by atoms with Crippen molar-refractivity contribution in [2.24, 2.45) is 0 Å². The molecular weight excluding hydrogens is 344 g/mol. The van der Waals surface area contributed by atoms with Gasteiger partial charge in [0.15, 0.2) is 0 Å². The van der Waals surface area contributed by atoms with Crippen molar-refractivity contribution in [3.05, 3.63) is 70.0 Å². The number of nitrogens with one attached hydrogen (secondary N) is 3. The average molecular weight is 364 g/mol. The Morgan fingerprint density at radius 1 is 1.26 bits per heavy atom. The summed E-state index contributed by atoms with van der Waals surface area (Å²) in [6.45, 7) is 1.68. The SMILES string of the molecule is COc1ccc(-c2nc(Nc3cccc(C(C)O)c3)[nH]c(=O)c2C=N)cc1. The zero-order valence-electron chi connectivity index (χ0n) is 15.0. The van der Waals surface area contributed by atoms with Crippen LogP contribution in [0.4, 0.5) is 11.6 Å². The Bertz CT molecular complexity index is 1010. The number of aliphatic hydroxyl groups excluding tert-OH is 1. The van der Waals surface area contributed by atoms with Gasteiger partial charge in [0.05, 0.1) is 24.5 Å². The number of ether oxygens (including phenoxy) is 1. The molecule has 0 aliphatic heterocycles. The van der Waals surface area contributed by atoms with Gasteiger partial charge in [-0.15, -0.1) is 0 Å². The Balaban J connectivity index is 2.02. The van der Waals surface area contributed by atoms with Gasteiger partial charge in [0.1, 0.15) is 5.75 Å². The minimum atomic E-state index is -0.603. The standard InChI is InChI=1S/C20H20N4O3/c1-12(25)14-4-3-5-15(10-14)22-20-23-18(17(11-21)19(26)24-20)13-6-8-16(27-2)9-7-13/h3-12,21,25H,1-2H3,(H2,22,23,24,26). The van der Waals surface area contributed by atoms with Crippen LogP contribution in [0.25, 0.3) is 11.3 Å². The Kier molecular flexibility index (Phi) is 5.33. The van der Waals surface area contributed by atoms with Crippen molar-refractivity contribution in [3.63, 3.8) is 0 Å². The molecule has 3 aromatic rings. The van der Waals surface area contributed by atoms with Gasteiger partial charge in [-0.3, -0.25) is 9.78 Å². The van der Waals surface area contributed by atoms with Gasteiger partial charge in [0.2, 0.25) is 5.95 Å². The number of H-pyrrole nitrogens is 1. The second kappa shape index (κ2) is 7.84. The average Bonchev–Trinajstić information content (AvgIpc) is 2.68. The van der Waals surface area contributed by atoms with Crippen LogP contribution >= 0.6 is 0 Å². The predicted octanol–water partition coefficient (Wildman–Crippen LogP) is 3.24. The fourth-order valence-corrected chi connectivity index (χ4v) is 2.66. The molecule has 7 heteroatoms. The van der Waals surface area contributed by atoms with Gasteiger partial charge in [-0.05, 0) is 48.9 Å². The lowest BCUT2D eigenvalue weighted by atomic mass is 10.1. The number of nitrogens with zero attached hydrogens (tertiary/aromatic N) is 1. The van der Waals surface area contributed by atoms with Gasteiger partial charge in [0, 0.05) is 17.5 Å². The molecule has 7 nitrogen and oxygen atoms in total. The van der Waals surface area contributed by atoms with Gasteiger partial charge in [-0.25, -0.2) is 4.98 Å². The quantitative estimate of drug-likeness (QED) is 0.502. The van der Waals surface area contributed by atoms with Crippen molar-refractivity contribution in [2.75, 3.05) is 12.4 Å². The summed E-state index contributed by atoms with van der Waals surface area (Å²) in [4.78, 5) is 19.5. The van der Waals surface area contributed by atoms with E-state index in [9.17, 15) is 9.90 Å². The maximum atomic E-state index is 12.4. The van der Waals surface area contributed by atoms with E-state index in [4.69, 9.17) is 10.1 Å². The Hall–Kier alpha value is -3.45. The van der Waals surface area contributed by atoms with Crippen LogP contribution in [0.15, 0.2) is 53.3 Å². The van der Waals surface area contributed by atoms with Crippen molar-refractivity contribution < 1.29 is 9.84 Å². The molecule has 1 heterocycles. The van der Waals surface area contributed by atoms with Crippen molar-refractivity contribution in [2.45, 2.75) is 13.0 Å². The molecule has 0 saturated heterocycles. The molecule has 27 heavy (non-hydrogen) atoms. The molecule has 0 amide bonds. The molecule has 4 N–H and O–H groups in total. The van der Waals surface area contributed by atoms with E-state index in [-0.39, 0.29) is 11.5 Å². The number of aliphatic hydroxyl groups is 1. The first-order valence-electron chi connectivity index (χ1n) is 8.36. The van der Waals surface area contributed by atoms with Crippen molar-refractivity contribution >= 4 is 17.9 Å². The summed E-state index contributed by atoms with van der Waals surface area (Å²) in [6.07, 6.45) is 0.386. The first-order chi connectivity index (χ1) is 13.0. The molecule has 0 radical (unpaired) electrons. The van der Waals surface area contributed by atoms with Crippen molar-refractivity contribution in [1.82, 2.24) is 9.97 Å². The highest BCUT2D eigenvalue weighted by Crippen LogP contribution is 2.24. The molecule has 3 rings (SSSR count). The van der Waals surface area contributed by atoms with E-state index in [0.29, 0.717) is 22.7 Å². The molecule has 1 atom stereocenters. The van der Waals surface area contributed by atoms with E-state index in [0.717, 1.165) is 11.8 Å². The molecule has 1 unspecified atom stereocenters. The number of anilines is 2. The minimum absolute atomic E-state index is 0.170. The molecule has 0 fully saturated rings. The number of aromatic nitrogens is 2. The van der Waals surface area contributed by atoms with Crippen LogP contribution in [0.1, 0.15) is 24.2 Å². The molecule has 2 aromatic carbocycles. The van der Waals surface area contributed by atoms with E-state index in [2.05, 4.69) is 15.3 Å². The number of benzene rings is 2. The summed E-state index contributed by atoms with van der Waals surface area (Å²) in [5.41, 5.74) is 2.27. The largest absolute Gasteiger partial charge is 0.497 e. The lowest BCUT2D eigenvalue weighted by Gasteiger charge is -2.12. The van der Waals surface area contributed by atoms with Gasteiger partial charge >= 0.3 is 0 Å². The highest BCUT2D eigenvalue weighted by atomic mass is 16.5. The van der Waals surface area contributed by atoms with E-state index in [1.165, 1.54) is 0 Å². The Morgan fingerprint density at radius 2 is 2.00 bits per heavy atom. The topological polar surface area (TPSA) is 111 Å². The van der Waals surface area contributed by atoms with Crippen LogP contribution in [-0.4, -0.2) is 28.4 Å². The monoisotopic (exact) mass is 364 g/mol. The Morgan fingerprint density at radius 3 is 2.63 bits per heavy atom. The normalized spacial score (nSPS) is 11.7. The van der Waals surface area contributed by atoms with Crippen molar-refractivity contribution in [1.29, 1.82) is 5.41 Å². The lowest BCUT2D eigenvalue weighted by Crippen LogP contribution is -2.17. The van der Waals surface area contributed by atoms with Gasteiger partial charge in [0.25, 0.3) is 5.56 Å². The lowest BCUT2D eigenvalue weighted by molar-refractivity contribution is 0.199. The van der Waals surface area contributed by atoms with Crippen LogP contribution in [0.3, 0.4) is 0 Å². The molecule has 0 aliphatic carbocycles. The molecule has 0 saturated carbocycles. The van der Waals surface area contributed by atoms with Gasteiger partial charge in [-0.2, -0.15) is 0 Å². The molecule has 138 valence electrons. The molecule has 1 aromatic heterocycles. The molecule has 0 bridgehead atoms. The van der Waals surface area contributed by atoms with Crippen LogP contribution in [-0.2, 0) is 0 Å². The van der Waals surface area contributed by atoms with Gasteiger partial charge < -0.3 is 20.6 Å². The zero-order chi connectivity index (χ0) is 19.4. The van der Waals surface area contributed by atoms with Crippen LogP contribution in [0.5, 0.6) is 5.75 Å². The molecular formula is C20H20N4O3. The first-order valence-corrected chi connectivity index (χ1v) is 8.36. The third-order valence-corrected chi connectivity index (χ3v) is 4.09. The second-order valence-corrected chi connectivity index (χ2v) is 5.98. The second-order valence-electron chi connectivity index (χ2n) is 5.98. The van der Waals surface area contributed by atoms with E-state index >= 15 is 0 Å². The zero-order valence-corrected chi connectivity index (χ0v) is 15.0. The minimum Gasteiger partial charge on any atom is -0.497 e. The fourth-order valence-electron chi connectivity index (χ4n) is 2.66. The van der Waals surface area contributed by atoms with Crippen LogP contribution < -0.4 is 15.6 Å². The summed E-state index contributed by atoms with van der Waals surface area (Å²) < 4.78 is 5.15. The van der Waals surface area contributed by atoms with E-state index in [1.807, 2.05) is 12.1 Å². The summed E-state index contributed by atoms with van der Waals surface area (Å²) in [7, 11) is 1.58. The van der Waals surface area contributed by atoms with Crippen LogP contribution in [0, 0.1) is 5.41 Å². The first kappa shape index (κ1) is 18.3. The van der Waals surface area contributed by atoms with Gasteiger partial charge in [-0.1, -0.05) is 12.1 Å². The predicted molar refractivity (Wildman–Crippen MR) is 105 cm³/mol. The highest BCUT2D eigenvalue weighted by Gasteiger charge is 2.12. The highest BCUT2D eigenvalue weighted by molar-refractivity contribution is 5.87. The maximum Gasteiger partial charge on any atom is 0.261 e. The summed E-state index contributed by atoms with van der Waals surface area (Å²) >= 11 is 0. The third-order valence-electron chi connectivity index (χ3n) is 4.09. The summed E-state index contributed by atoms with van der Waals surface area (Å²) in [5, 5.41) is 20.3.